The zero-order valence-electron chi connectivity index (χ0n) is 28.0. The fourth-order valence-electron chi connectivity index (χ4n) is 4.90. The van der Waals surface area contributed by atoms with Crippen LogP contribution in [0, 0.1) is 5.41 Å². The van der Waals surface area contributed by atoms with Crippen molar-refractivity contribution in [3.63, 3.8) is 0 Å². The molecule has 3 aromatic carbocycles. The number of hydrogen-bond acceptors (Lipinski definition) is 9. The van der Waals surface area contributed by atoms with Crippen LogP contribution in [0.2, 0.25) is 10.0 Å². The van der Waals surface area contributed by atoms with Crippen LogP contribution in [0.4, 0.5) is 30.8 Å². The van der Waals surface area contributed by atoms with Gasteiger partial charge in [-0.25, -0.2) is 0 Å². The maximum Gasteiger partial charge on any atom is 0.422 e. The molecule has 0 spiro atoms. The van der Waals surface area contributed by atoms with Crippen molar-refractivity contribution < 1.29 is 32.3 Å². The van der Waals surface area contributed by atoms with E-state index in [2.05, 4.69) is 41.5 Å². The van der Waals surface area contributed by atoms with Gasteiger partial charge in [0.25, 0.3) is 5.91 Å². The summed E-state index contributed by atoms with van der Waals surface area (Å²) < 4.78 is 43.6. The van der Waals surface area contributed by atoms with Crippen molar-refractivity contribution in [2.24, 2.45) is 5.41 Å². The van der Waals surface area contributed by atoms with Gasteiger partial charge in [0.2, 0.25) is 11.9 Å². The third-order valence-electron chi connectivity index (χ3n) is 7.88. The Labute approximate surface area is 307 Å². The van der Waals surface area contributed by atoms with Crippen molar-refractivity contribution >= 4 is 58.5 Å². The number of halogens is 5. The van der Waals surface area contributed by atoms with Gasteiger partial charge in [-0.3, -0.25) is 14.4 Å². The van der Waals surface area contributed by atoms with Crippen molar-refractivity contribution in [2.45, 2.75) is 44.9 Å². The molecule has 1 heterocycles. The first-order valence-corrected chi connectivity index (χ1v) is 16.8. The minimum absolute atomic E-state index is 0.00935. The summed E-state index contributed by atoms with van der Waals surface area (Å²) in [5, 5.41) is 15.2. The second-order valence-electron chi connectivity index (χ2n) is 12.9. The fraction of sp³-hybridized carbons (Fsp3) is 0.314. The average Bonchev–Trinajstić information content (AvgIpc) is 3.88. The Bertz CT molecular complexity index is 1910. The standard InChI is InChI=1S/C35H35Cl2F3N8O4/c1-33(2,19-43-29(51)28(50)41-17-21-4-3-5-25(37)16-21)18-42-27(49)22-6-12-26(13-7-22)44-30-45-31(47-32(46-30)52-20-35(38,39)40)48-34(14-15-34)23-8-10-24(36)11-9-23/h3-13,16H,14-15,17-20H2,1-2H3,(H,41,50)(H,42,49)(H,43,51)(H2,44,45,46,47,48). The lowest BCUT2D eigenvalue weighted by Crippen LogP contribution is -2.46. The normalized spacial score (nSPS) is 13.4. The summed E-state index contributed by atoms with van der Waals surface area (Å²) in [7, 11) is 0. The largest absolute Gasteiger partial charge is 0.454 e. The van der Waals surface area contributed by atoms with Crippen molar-refractivity contribution in [2.75, 3.05) is 30.3 Å². The molecule has 0 aliphatic heterocycles. The number of nitrogens with one attached hydrogen (secondary N) is 5. The third-order valence-corrected chi connectivity index (χ3v) is 8.37. The highest BCUT2D eigenvalue weighted by molar-refractivity contribution is 6.35. The van der Waals surface area contributed by atoms with Crippen molar-refractivity contribution in [3.8, 4) is 6.01 Å². The van der Waals surface area contributed by atoms with Crippen molar-refractivity contribution in [3.05, 3.63) is 99.5 Å². The van der Waals surface area contributed by atoms with Crippen LogP contribution in [0.5, 0.6) is 6.01 Å². The summed E-state index contributed by atoms with van der Waals surface area (Å²) in [6.07, 6.45) is -3.14. The molecular formula is C35H35Cl2F3N8O4. The lowest BCUT2D eigenvalue weighted by atomic mass is 9.93. The van der Waals surface area contributed by atoms with Crippen LogP contribution in [0.15, 0.2) is 72.8 Å². The number of carbonyl (C=O) groups is 3. The first-order chi connectivity index (χ1) is 24.6. The molecule has 0 bridgehead atoms. The maximum absolute atomic E-state index is 12.9. The predicted molar refractivity (Wildman–Crippen MR) is 190 cm³/mol. The average molecular weight is 760 g/mol. The molecule has 0 atom stereocenters. The van der Waals surface area contributed by atoms with E-state index in [0.29, 0.717) is 21.3 Å². The van der Waals surface area contributed by atoms with Crippen molar-refractivity contribution in [1.29, 1.82) is 0 Å². The van der Waals surface area contributed by atoms with Gasteiger partial charge in [-0.2, -0.15) is 28.1 Å². The van der Waals surface area contributed by atoms with Crippen LogP contribution in [-0.2, 0) is 21.7 Å². The Morgan fingerprint density at radius 2 is 1.46 bits per heavy atom. The zero-order valence-corrected chi connectivity index (χ0v) is 29.5. The van der Waals surface area contributed by atoms with Gasteiger partial charge in [0.05, 0.1) is 5.54 Å². The minimum atomic E-state index is -4.61. The van der Waals surface area contributed by atoms with Gasteiger partial charge in [-0.05, 0) is 77.9 Å². The van der Waals surface area contributed by atoms with E-state index >= 15 is 0 Å². The van der Waals surface area contributed by atoms with Gasteiger partial charge < -0.3 is 31.3 Å². The highest BCUT2D eigenvalue weighted by atomic mass is 35.5. The van der Waals surface area contributed by atoms with Crippen LogP contribution < -0.4 is 31.3 Å². The van der Waals surface area contributed by atoms with Crippen LogP contribution >= 0.6 is 23.2 Å². The maximum atomic E-state index is 12.9. The number of alkyl halides is 3. The molecule has 3 amide bonds. The first-order valence-electron chi connectivity index (χ1n) is 16.0. The molecule has 0 unspecified atom stereocenters. The number of hydrogen-bond donors (Lipinski definition) is 5. The zero-order chi connectivity index (χ0) is 37.5. The van der Waals surface area contributed by atoms with Crippen LogP contribution in [-0.4, -0.2) is 58.5 Å². The lowest BCUT2D eigenvalue weighted by Gasteiger charge is -2.25. The Balaban J connectivity index is 1.15. The molecule has 17 heteroatoms. The summed E-state index contributed by atoms with van der Waals surface area (Å²) in [5.41, 5.74) is 1.28. The van der Waals surface area contributed by atoms with Crippen molar-refractivity contribution in [1.82, 2.24) is 30.9 Å². The van der Waals surface area contributed by atoms with E-state index < -0.39 is 47.5 Å². The highest BCUT2D eigenvalue weighted by Gasteiger charge is 2.45. The van der Waals surface area contributed by atoms with E-state index in [1.54, 1.807) is 48.5 Å². The SMILES string of the molecule is CC(C)(CNC(=O)C(=O)NCc1cccc(Cl)c1)CNC(=O)c1ccc(Nc2nc(NC3(c4ccc(Cl)cc4)CC3)nc(OCC(F)(F)F)n2)cc1. The Kier molecular flexibility index (Phi) is 11.7. The smallest absolute Gasteiger partial charge is 0.422 e. The molecule has 1 aromatic heterocycles. The number of aromatic nitrogens is 3. The van der Waals surface area contributed by atoms with Gasteiger partial charge in [0.1, 0.15) is 0 Å². The second-order valence-corrected chi connectivity index (χ2v) is 13.8. The molecule has 1 aliphatic rings. The molecule has 1 fully saturated rings. The topological polar surface area (TPSA) is 159 Å². The van der Waals surface area contributed by atoms with E-state index in [4.69, 9.17) is 27.9 Å². The summed E-state index contributed by atoms with van der Waals surface area (Å²) in [6, 6.07) is 19.8. The number of nitrogens with zero attached hydrogens (tertiary/aromatic N) is 3. The number of carbonyl (C=O) groups excluding carboxylic acids is 3. The van der Waals surface area contributed by atoms with Gasteiger partial charge >= 0.3 is 24.0 Å². The van der Waals surface area contributed by atoms with E-state index in [0.717, 1.165) is 24.0 Å². The highest BCUT2D eigenvalue weighted by Crippen LogP contribution is 2.48. The summed E-state index contributed by atoms with van der Waals surface area (Å²) in [5.74, 6) is -2.07. The van der Waals surface area contributed by atoms with Crippen LogP contribution in [0.25, 0.3) is 0 Å². The molecule has 1 saturated carbocycles. The number of benzene rings is 3. The van der Waals surface area contributed by atoms with Gasteiger partial charge in [0, 0.05) is 40.9 Å². The number of anilines is 3. The molecule has 1 aliphatic carbocycles. The van der Waals surface area contributed by atoms with Gasteiger partial charge in [0.15, 0.2) is 6.61 Å². The predicted octanol–water partition coefficient (Wildman–Crippen LogP) is 6.15. The summed E-state index contributed by atoms with van der Waals surface area (Å²) in [6.45, 7) is 2.46. The third kappa shape index (κ3) is 11.2. The molecule has 5 rings (SSSR count). The van der Waals surface area contributed by atoms with E-state index in [1.807, 2.05) is 26.0 Å². The summed E-state index contributed by atoms with van der Waals surface area (Å²) >= 11 is 12.0. The Morgan fingerprint density at radius 1 is 0.808 bits per heavy atom. The molecule has 0 saturated heterocycles. The van der Waals surface area contributed by atoms with E-state index in [-0.39, 0.29) is 31.5 Å². The molecular weight excluding hydrogens is 724 g/mol. The summed E-state index contributed by atoms with van der Waals surface area (Å²) in [4.78, 5) is 49.9. The van der Waals surface area contributed by atoms with Crippen LogP contribution in [0.3, 0.4) is 0 Å². The monoisotopic (exact) mass is 758 g/mol. The fourth-order valence-corrected chi connectivity index (χ4v) is 5.24. The number of ether oxygens (including phenoxy) is 1. The lowest BCUT2D eigenvalue weighted by molar-refractivity contribution is -0.154. The van der Waals surface area contributed by atoms with Gasteiger partial charge in [-0.1, -0.05) is 61.3 Å². The second kappa shape index (κ2) is 16.0. The number of rotatable bonds is 14. The van der Waals surface area contributed by atoms with Crippen LogP contribution in [0.1, 0.15) is 48.2 Å². The number of amides is 3. The first kappa shape index (κ1) is 38.1. The molecule has 52 heavy (non-hydrogen) atoms. The van der Waals surface area contributed by atoms with Gasteiger partial charge in [-0.15, -0.1) is 0 Å². The molecule has 12 nitrogen and oxygen atoms in total. The Morgan fingerprint density at radius 3 is 2.12 bits per heavy atom. The Hall–Kier alpha value is -5.15. The molecule has 0 radical (unpaired) electrons. The quantitative estimate of drug-likeness (QED) is 0.0951. The molecule has 4 aromatic rings. The minimum Gasteiger partial charge on any atom is -0.454 e. The van der Waals surface area contributed by atoms with E-state index in [1.165, 1.54) is 12.1 Å². The molecule has 5 N–H and O–H groups in total. The van der Waals surface area contributed by atoms with E-state index in [9.17, 15) is 27.6 Å². The molecule has 274 valence electrons.